The highest BCUT2D eigenvalue weighted by molar-refractivity contribution is 5.96. The maximum absolute atomic E-state index is 12.1. The van der Waals surface area contributed by atoms with Gasteiger partial charge in [-0.25, -0.2) is 4.79 Å². The van der Waals surface area contributed by atoms with Gasteiger partial charge in [0.05, 0.1) is 0 Å². The van der Waals surface area contributed by atoms with Gasteiger partial charge in [-0.05, 0) is 30.9 Å². The molecule has 0 fully saturated rings. The largest absolute Gasteiger partial charge is 0.480 e. The molecule has 2 N–H and O–H groups in total. The Morgan fingerprint density at radius 3 is 2.45 bits per heavy atom. The van der Waals surface area contributed by atoms with Gasteiger partial charge in [0, 0.05) is 12.2 Å². The van der Waals surface area contributed by atoms with Crippen LogP contribution in [0.25, 0.3) is 0 Å². The summed E-state index contributed by atoms with van der Waals surface area (Å²) in [7, 11) is 0. The van der Waals surface area contributed by atoms with Crippen LogP contribution in [-0.4, -0.2) is 30.2 Å². The maximum atomic E-state index is 12.1. The number of carbonyl (C=O) groups excluding carboxylic acids is 1. The zero-order valence-electron chi connectivity index (χ0n) is 12.0. The van der Waals surface area contributed by atoms with E-state index in [-0.39, 0.29) is 12.6 Å². The molecule has 0 spiro atoms. The smallest absolute Gasteiger partial charge is 0.323 e. The minimum atomic E-state index is -1.04. The molecule has 0 heterocycles. The van der Waals surface area contributed by atoms with Gasteiger partial charge in [0.25, 0.3) is 0 Å². The molecular formula is C15H22N2O3. The van der Waals surface area contributed by atoms with E-state index in [1.54, 1.807) is 24.3 Å². The first-order valence-electron chi connectivity index (χ1n) is 6.83. The molecule has 0 aliphatic carbocycles. The summed E-state index contributed by atoms with van der Waals surface area (Å²) in [6.07, 6.45) is 1.92. The molecule has 0 atom stereocenters. The van der Waals surface area contributed by atoms with Crippen LogP contribution in [0.15, 0.2) is 30.3 Å². The van der Waals surface area contributed by atoms with Gasteiger partial charge in [-0.2, -0.15) is 0 Å². The zero-order valence-corrected chi connectivity index (χ0v) is 12.0. The third kappa shape index (κ3) is 5.73. The molecule has 0 saturated heterocycles. The number of nitrogens with zero attached hydrogens (tertiary/aromatic N) is 1. The minimum absolute atomic E-state index is 0.347. The second-order valence-corrected chi connectivity index (χ2v) is 5.08. The number of urea groups is 1. The Morgan fingerprint density at radius 2 is 1.90 bits per heavy atom. The summed E-state index contributed by atoms with van der Waals surface area (Å²) in [6, 6.07) is 8.44. The van der Waals surface area contributed by atoms with Gasteiger partial charge in [-0.1, -0.05) is 32.0 Å². The third-order valence-electron chi connectivity index (χ3n) is 2.84. The van der Waals surface area contributed by atoms with Gasteiger partial charge in [-0.3, -0.25) is 9.69 Å². The van der Waals surface area contributed by atoms with Gasteiger partial charge in [0.2, 0.25) is 0 Å². The van der Waals surface area contributed by atoms with Crippen LogP contribution in [0.3, 0.4) is 0 Å². The van der Waals surface area contributed by atoms with Gasteiger partial charge >= 0.3 is 12.0 Å². The summed E-state index contributed by atoms with van der Waals surface area (Å²) in [4.78, 5) is 24.2. The first-order chi connectivity index (χ1) is 9.50. The molecule has 20 heavy (non-hydrogen) atoms. The molecular weight excluding hydrogens is 256 g/mol. The fourth-order valence-corrected chi connectivity index (χ4v) is 1.82. The number of aliphatic carboxylic acids is 1. The molecule has 0 aliphatic rings. The Labute approximate surface area is 119 Å². The predicted octanol–water partition coefficient (Wildman–Crippen LogP) is 2.72. The first kappa shape index (κ1) is 16.0. The molecule has 1 aromatic rings. The lowest BCUT2D eigenvalue weighted by molar-refractivity contribution is -0.135. The van der Waals surface area contributed by atoms with Gasteiger partial charge in [-0.15, -0.1) is 0 Å². The molecule has 1 aromatic carbocycles. The molecule has 0 radical (unpaired) electrons. The number of para-hydroxylation sites is 1. The Bertz CT molecular complexity index is 432. The fraction of sp³-hybridized carbons (Fsp3) is 0.467. The maximum Gasteiger partial charge on any atom is 0.323 e. The molecule has 0 aliphatic heterocycles. The zero-order chi connectivity index (χ0) is 15.0. The highest BCUT2D eigenvalue weighted by atomic mass is 16.4. The van der Waals surface area contributed by atoms with Crippen molar-refractivity contribution in [1.29, 1.82) is 0 Å². The lowest BCUT2D eigenvalue weighted by Gasteiger charge is -2.21. The summed E-state index contributed by atoms with van der Waals surface area (Å²) in [5, 5.41) is 11.7. The number of carbonyl (C=O) groups is 2. The normalized spacial score (nSPS) is 10.3. The minimum Gasteiger partial charge on any atom is -0.480 e. The van der Waals surface area contributed by atoms with Crippen molar-refractivity contribution in [1.82, 2.24) is 5.32 Å². The van der Waals surface area contributed by atoms with Crippen molar-refractivity contribution < 1.29 is 14.7 Å². The molecule has 2 amide bonds. The van der Waals surface area contributed by atoms with E-state index < -0.39 is 5.97 Å². The quantitative estimate of drug-likeness (QED) is 0.753. The van der Waals surface area contributed by atoms with E-state index in [0.29, 0.717) is 18.2 Å². The summed E-state index contributed by atoms with van der Waals surface area (Å²) in [6.45, 7) is 4.46. The van der Waals surface area contributed by atoms with Crippen LogP contribution < -0.4 is 10.2 Å². The third-order valence-corrected chi connectivity index (χ3v) is 2.84. The first-order valence-corrected chi connectivity index (χ1v) is 6.83. The number of anilines is 1. The molecule has 5 nitrogen and oxygen atoms in total. The topological polar surface area (TPSA) is 69.6 Å². The molecule has 0 bridgehead atoms. The number of nitrogens with one attached hydrogen (secondary N) is 1. The number of hydrogen-bond acceptors (Lipinski definition) is 2. The van der Waals surface area contributed by atoms with E-state index in [4.69, 9.17) is 5.11 Å². The van der Waals surface area contributed by atoms with Gasteiger partial charge in [0.15, 0.2) is 0 Å². The summed E-state index contributed by atoms with van der Waals surface area (Å²) >= 11 is 0. The predicted molar refractivity (Wildman–Crippen MR) is 78.9 cm³/mol. The van der Waals surface area contributed by atoms with E-state index in [1.807, 2.05) is 6.07 Å². The number of carboxylic acid groups (broad SMARTS) is 1. The number of carboxylic acids is 1. The number of benzene rings is 1. The van der Waals surface area contributed by atoms with E-state index >= 15 is 0 Å². The molecule has 0 aromatic heterocycles. The van der Waals surface area contributed by atoms with Crippen LogP contribution in [0, 0.1) is 5.92 Å². The lowest BCUT2D eigenvalue weighted by atomic mass is 10.1. The molecule has 1 rings (SSSR count). The highest BCUT2D eigenvalue weighted by Crippen LogP contribution is 2.13. The second-order valence-electron chi connectivity index (χ2n) is 5.08. The van der Waals surface area contributed by atoms with E-state index in [2.05, 4.69) is 19.2 Å². The Morgan fingerprint density at radius 1 is 1.25 bits per heavy atom. The van der Waals surface area contributed by atoms with Crippen molar-refractivity contribution >= 4 is 17.7 Å². The average Bonchev–Trinajstić information content (AvgIpc) is 2.41. The summed E-state index contributed by atoms with van der Waals surface area (Å²) in [5.74, 6) is -0.442. The van der Waals surface area contributed by atoms with Crippen molar-refractivity contribution in [2.24, 2.45) is 5.92 Å². The van der Waals surface area contributed by atoms with Gasteiger partial charge in [0.1, 0.15) is 6.54 Å². The second kappa shape index (κ2) is 8.19. The summed E-state index contributed by atoms with van der Waals surface area (Å²) < 4.78 is 0. The fourth-order valence-electron chi connectivity index (χ4n) is 1.82. The van der Waals surface area contributed by atoms with Crippen LogP contribution in [0.4, 0.5) is 10.5 Å². The number of hydrogen-bond donors (Lipinski definition) is 2. The van der Waals surface area contributed by atoms with E-state index in [0.717, 1.165) is 12.8 Å². The molecule has 0 saturated carbocycles. The van der Waals surface area contributed by atoms with Crippen molar-refractivity contribution in [3.63, 3.8) is 0 Å². The monoisotopic (exact) mass is 278 g/mol. The lowest BCUT2D eigenvalue weighted by Crippen LogP contribution is -2.43. The van der Waals surface area contributed by atoms with Crippen LogP contribution >= 0.6 is 0 Å². The Kier molecular flexibility index (Phi) is 6.56. The average molecular weight is 278 g/mol. The van der Waals surface area contributed by atoms with Crippen molar-refractivity contribution in [2.75, 3.05) is 18.0 Å². The number of amides is 2. The van der Waals surface area contributed by atoms with Gasteiger partial charge < -0.3 is 10.4 Å². The Balaban J connectivity index is 2.59. The highest BCUT2D eigenvalue weighted by Gasteiger charge is 2.17. The summed E-state index contributed by atoms with van der Waals surface area (Å²) in [5.41, 5.74) is 0.580. The van der Waals surface area contributed by atoms with E-state index in [1.165, 1.54) is 4.90 Å². The SMILES string of the molecule is CC(C)CCCNC(=O)N(CC(=O)O)c1ccccc1. The number of rotatable bonds is 7. The van der Waals surface area contributed by atoms with Crippen LogP contribution in [0.2, 0.25) is 0 Å². The standard InChI is InChI=1S/C15H22N2O3/c1-12(2)7-6-10-16-15(20)17(11-14(18)19)13-8-4-3-5-9-13/h3-5,8-9,12H,6-7,10-11H2,1-2H3,(H,16,20)(H,18,19). The molecule has 0 unspecified atom stereocenters. The Hall–Kier alpha value is -2.04. The van der Waals surface area contributed by atoms with E-state index in [9.17, 15) is 9.59 Å². The van der Waals surface area contributed by atoms with Crippen LogP contribution in [0.5, 0.6) is 0 Å². The van der Waals surface area contributed by atoms with Crippen molar-refractivity contribution in [3.8, 4) is 0 Å². The van der Waals surface area contributed by atoms with Crippen molar-refractivity contribution in [2.45, 2.75) is 26.7 Å². The van der Waals surface area contributed by atoms with Crippen LogP contribution in [-0.2, 0) is 4.79 Å². The van der Waals surface area contributed by atoms with Crippen LogP contribution in [0.1, 0.15) is 26.7 Å². The molecule has 110 valence electrons. The molecule has 5 heteroatoms. The van der Waals surface area contributed by atoms with Crippen molar-refractivity contribution in [3.05, 3.63) is 30.3 Å².